The van der Waals surface area contributed by atoms with Crippen LogP contribution in [0.5, 0.6) is 0 Å². The van der Waals surface area contributed by atoms with Crippen molar-refractivity contribution >= 4 is 23.2 Å². The van der Waals surface area contributed by atoms with Crippen molar-refractivity contribution in [2.75, 3.05) is 37.7 Å². The maximum atomic E-state index is 12.2. The normalized spacial score (nSPS) is 14.6. The lowest BCUT2D eigenvalue weighted by Gasteiger charge is -2.29. The molecule has 0 saturated carbocycles. The van der Waals surface area contributed by atoms with E-state index in [1.54, 1.807) is 0 Å². The second-order valence-corrected chi connectivity index (χ2v) is 6.97. The predicted molar refractivity (Wildman–Crippen MR) is 111 cm³/mol. The summed E-state index contributed by atoms with van der Waals surface area (Å²) in [5.74, 6) is -0.894. The van der Waals surface area contributed by atoms with Crippen molar-refractivity contribution in [1.29, 1.82) is 0 Å². The van der Waals surface area contributed by atoms with Crippen molar-refractivity contribution < 1.29 is 19.2 Å². The maximum Gasteiger partial charge on any atom is 0.270 e. The number of non-ortho nitro benzene ring substituents is 1. The van der Waals surface area contributed by atoms with E-state index in [1.165, 1.54) is 24.3 Å². The molecule has 0 radical (unpaired) electrons. The standard InChI is InChI=1S/C21H24N4O5/c1-15(16-5-7-18(8-6-16)24-9-11-30-12-10-24)23-20(26)14-22-21(27)17-3-2-4-19(13-17)25(28)29/h2-8,13,15H,9-12,14H2,1H3,(H,22,27)(H,23,26). The lowest BCUT2D eigenvalue weighted by Crippen LogP contribution is -2.38. The first-order chi connectivity index (χ1) is 14.4. The first-order valence-corrected chi connectivity index (χ1v) is 9.68. The Morgan fingerprint density at radius 3 is 2.53 bits per heavy atom. The monoisotopic (exact) mass is 412 g/mol. The maximum absolute atomic E-state index is 12.2. The van der Waals surface area contributed by atoms with Crippen molar-refractivity contribution in [3.8, 4) is 0 Å². The second-order valence-electron chi connectivity index (χ2n) is 6.97. The number of nitrogens with zero attached hydrogens (tertiary/aromatic N) is 2. The third-order valence-corrected chi connectivity index (χ3v) is 4.88. The van der Waals surface area contributed by atoms with E-state index in [0.29, 0.717) is 0 Å². The van der Waals surface area contributed by atoms with E-state index < -0.39 is 10.8 Å². The zero-order chi connectivity index (χ0) is 21.5. The molecule has 2 aromatic carbocycles. The van der Waals surface area contributed by atoms with Crippen LogP contribution < -0.4 is 15.5 Å². The third kappa shape index (κ3) is 5.54. The molecule has 1 heterocycles. The number of morpholine rings is 1. The Morgan fingerprint density at radius 1 is 1.17 bits per heavy atom. The Bertz CT molecular complexity index is 910. The van der Waals surface area contributed by atoms with Gasteiger partial charge in [-0.25, -0.2) is 0 Å². The molecular formula is C21H24N4O5. The van der Waals surface area contributed by atoms with Crippen LogP contribution in [0.4, 0.5) is 11.4 Å². The van der Waals surface area contributed by atoms with Crippen LogP contribution in [0.3, 0.4) is 0 Å². The molecule has 0 aromatic heterocycles. The number of nitro benzene ring substituents is 1. The van der Waals surface area contributed by atoms with Gasteiger partial charge < -0.3 is 20.3 Å². The van der Waals surface area contributed by atoms with Crippen LogP contribution in [0.25, 0.3) is 0 Å². The molecule has 0 bridgehead atoms. The van der Waals surface area contributed by atoms with Gasteiger partial charge in [0.2, 0.25) is 5.91 Å². The van der Waals surface area contributed by atoms with Crippen LogP contribution in [-0.4, -0.2) is 49.6 Å². The van der Waals surface area contributed by atoms with Crippen LogP contribution in [0, 0.1) is 10.1 Å². The molecule has 1 fully saturated rings. The highest BCUT2D eigenvalue weighted by Crippen LogP contribution is 2.20. The molecule has 158 valence electrons. The summed E-state index contributed by atoms with van der Waals surface area (Å²) in [6.45, 7) is 4.79. The molecule has 1 saturated heterocycles. The lowest BCUT2D eigenvalue weighted by molar-refractivity contribution is -0.384. The molecule has 1 aliphatic heterocycles. The molecule has 1 atom stereocenters. The van der Waals surface area contributed by atoms with Gasteiger partial charge in [-0.2, -0.15) is 0 Å². The van der Waals surface area contributed by atoms with Gasteiger partial charge in [-0.05, 0) is 30.7 Å². The smallest absolute Gasteiger partial charge is 0.270 e. The number of carbonyl (C=O) groups excluding carboxylic acids is 2. The summed E-state index contributed by atoms with van der Waals surface area (Å²) in [5.41, 5.74) is 2.01. The van der Waals surface area contributed by atoms with Gasteiger partial charge in [0.25, 0.3) is 11.6 Å². The molecule has 0 spiro atoms. The number of hydrogen-bond acceptors (Lipinski definition) is 6. The number of anilines is 1. The third-order valence-electron chi connectivity index (χ3n) is 4.88. The summed E-state index contributed by atoms with van der Waals surface area (Å²) in [6, 6.07) is 13.1. The van der Waals surface area contributed by atoms with E-state index in [9.17, 15) is 19.7 Å². The highest BCUT2D eigenvalue weighted by atomic mass is 16.6. The fraction of sp³-hybridized carbons (Fsp3) is 0.333. The van der Waals surface area contributed by atoms with Crippen LogP contribution >= 0.6 is 0 Å². The van der Waals surface area contributed by atoms with Gasteiger partial charge in [-0.15, -0.1) is 0 Å². The van der Waals surface area contributed by atoms with Gasteiger partial charge in [0.05, 0.1) is 30.7 Å². The van der Waals surface area contributed by atoms with Crippen LogP contribution in [0.2, 0.25) is 0 Å². The predicted octanol–water partition coefficient (Wildman–Crippen LogP) is 2.04. The molecule has 1 aliphatic rings. The van der Waals surface area contributed by atoms with E-state index >= 15 is 0 Å². The zero-order valence-corrected chi connectivity index (χ0v) is 16.7. The molecule has 9 nitrogen and oxygen atoms in total. The first kappa shape index (κ1) is 21.3. The quantitative estimate of drug-likeness (QED) is 0.531. The summed E-state index contributed by atoms with van der Waals surface area (Å²) in [6.07, 6.45) is 0. The first-order valence-electron chi connectivity index (χ1n) is 9.68. The van der Waals surface area contributed by atoms with Crippen molar-refractivity contribution in [3.63, 3.8) is 0 Å². The summed E-state index contributed by atoms with van der Waals surface area (Å²) < 4.78 is 5.36. The molecule has 2 aromatic rings. The Labute approximate surface area is 174 Å². The minimum atomic E-state index is -0.574. The number of rotatable bonds is 7. The van der Waals surface area contributed by atoms with Crippen molar-refractivity contribution in [2.45, 2.75) is 13.0 Å². The number of nitro groups is 1. The Hall–Kier alpha value is -3.46. The number of carbonyl (C=O) groups is 2. The van der Waals surface area contributed by atoms with Crippen LogP contribution in [0.1, 0.15) is 28.9 Å². The van der Waals surface area contributed by atoms with Crippen LogP contribution in [0.15, 0.2) is 48.5 Å². The number of hydrogen-bond donors (Lipinski definition) is 2. The number of amides is 2. The Kier molecular flexibility index (Phi) is 6.97. The lowest BCUT2D eigenvalue weighted by atomic mass is 10.1. The summed E-state index contributed by atoms with van der Waals surface area (Å²) >= 11 is 0. The van der Waals surface area contributed by atoms with Crippen molar-refractivity contribution in [3.05, 3.63) is 69.8 Å². The van der Waals surface area contributed by atoms with E-state index in [-0.39, 0.29) is 29.7 Å². The molecule has 0 aliphatic carbocycles. The largest absolute Gasteiger partial charge is 0.378 e. The van der Waals surface area contributed by atoms with Crippen molar-refractivity contribution in [2.24, 2.45) is 0 Å². The van der Waals surface area contributed by atoms with Gasteiger partial charge in [0.15, 0.2) is 0 Å². The fourth-order valence-corrected chi connectivity index (χ4v) is 3.19. The van der Waals surface area contributed by atoms with Gasteiger partial charge in [0.1, 0.15) is 0 Å². The molecule has 2 amide bonds. The van der Waals surface area contributed by atoms with Gasteiger partial charge >= 0.3 is 0 Å². The summed E-state index contributed by atoms with van der Waals surface area (Å²) in [7, 11) is 0. The average Bonchev–Trinajstić information content (AvgIpc) is 2.78. The SMILES string of the molecule is CC(NC(=O)CNC(=O)c1cccc([N+](=O)[O-])c1)c1ccc(N2CCOCC2)cc1. The highest BCUT2D eigenvalue weighted by molar-refractivity contribution is 5.97. The van der Waals surface area contributed by atoms with Gasteiger partial charge in [-0.3, -0.25) is 19.7 Å². The molecule has 9 heteroatoms. The molecule has 30 heavy (non-hydrogen) atoms. The van der Waals surface area contributed by atoms with Crippen LogP contribution in [-0.2, 0) is 9.53 Å². The van der Waals surface area contributed by atoms with E-state index in [2.05, 4.69) is 15.5 Å². The van der Waals surface area contributed by atoms with E-state index in [1.807, 2.05) is 31.2 Å². The van der Waals surface area contributed by atoms with Gasteiger partial charge in [-0.1, -0.05) is 18.2 Å². The fourth-order valence-electron chi connectivity index (χ4n) is 3.19. The minimum absolute atomic E-state index is 0.128. The topological polar surface area (TPSA) is 114 Å². The second kappa shape index (κ2) is 9.84. The van der Waals surface area contributed by atoms with Gasteiger partial charge in [0, 0.05) is 36.5 Å². The average molecular weight is 412 g/mol. The minimum Gasteiger partial charge on any atom is -0.378 e. The number of ether oxygens (including phenoxy) is 1. The number of nitrogens with one attached hydrogen (secondary N) is 2. The molecule has 3 rings (SSSR count). The van der Waals surface area contributed by atoms with E-state index in [0.717, 1.165) is 37.6 Å². The molecule has 1 unspecified atom stereocenters. The highest BCUT2D eigenvalue weighted by Gasteiger charge is 2.15. The van der Waals surface area contributed by atoms with Crippen molar-refractivity contribution in [1.82, 2.24) is 10.6 Å². The zero-order valence-electron chi connectivity index (χ0n) is 16.7. The molecule has 2 N–H and O–H groups in total. The summed E-state index contributed by atoms with van der Waals surface area (Å²) in [4.78, 5) is 36.8. The Balaban J connectivity index is 1.50. The van der Waals surface area contributed by atoms with E-state index in [4.69, 9.17) is 4.74 Å². The number of benzene rings is 2. The Morgan fingerprint density at radius 2 is 1.87 bits per heavy atom. The summed E-state index contributed by atoms with van der Waals surface area (Å²) in [5, 5.41) is 16.1. The molecular weight excluding hydrogens is 388 g/mol.